The number of hydrogen-bond donors (Lipinski definition) is 3. The van der Waals surface area contributed by atoms with E-state index < -0.39 is 17.7 Å². The highest BCUT2D eigenvalue weighted by molar-refractivity contribution is 5.87. The zero-order valence-electron chi connectivity index (χ0n) is 14.3. The first-order valence-electron chi connectivity index (χ1n) is 8.02. The number of nitrogens with one attached hydrogen (secondary N) is 1. The molecule has 26 heavy (non-hydrogen) atoms. The summed E-state index contributed by atoms with van der Waals surface area (Å²) < 4.78 is 37.4. The summed E-state index contributed by atoms with van der Waals surface area (Å²) >= 11 is 0. The van der Waals surface area contributed by atoms with E-state index in [0.717, 1.165) is 12.1 Å². The van der Waals surface area contributed by atoms with Crippen LogP contribution in [0.1, 0.15) is 28.4 Å². The molecule has 7 heteroatoms. The Balaban J connectivity index is 0.000000314. The lowest BCUT2D eigenvalue weighted by molar-refractivity contribution is -0.137. The monoisotopic (exact) mass is 369 g/mol. The van der Waals surface area contributed by atoms with Crippen molar-refractivity contribution in [1.82, 2.24) is 5.32 Å². The number of benzene rings is 2. The van der Waals surface area contributed by atoms with Gasteiger partial charge in [0.1, 0.15) is 0 Å². The summed E-state index contributed by atoms with van der Waals surface area (Å²) in [5.74, 6) is -0.879. The molecule has 0 aliphatic carbocycles. The van der Waals surface area contributed by atoms with Crippen LogP contribution in [0.15, 0.2) is 54.6 Å². The van der Waals surface area contributed by atoms with Crippen molar-refractivity contribution < 1.29 is 28.2 Å². The quantitative estimate of drug-likeness (QED) is 0.728. The predicted molar refractivity (Wildman–Crippen MR) is 93.1 cm³/mol. The number of aromatic carboxylic acids is 1. The number of carboxylic acid groups (broad SMARTS) is 1. The van der Waals surface area contributed by atoms with Gasteiger partial charge in [0.15, 0.2) is 0 Å². The highest BCUT2D eigenvalue weighted by Gasteiger charge is 2.30. The normalized spacial score (nSPS) is 12.0. The minimum absolute atomic E-state index is 0.0208. The molecule has 0 aliphatic heterocycles. The van der Waals surface area contributed by atoms with Crippen molar-refractivity contribution in [3.05, 3.63) is 71.3 Å². The van der Waals surface area contributed by atoms with E-state index in [-0.39, 0.29) is 12.6 Å². The number of aliphatic hydroxyl groups excluding tert-OH is 1. The van der Waals surface area contributed by atoms with Crippen molar-refractivity contribution in [3.8, 4) is 0 Å². The summed E-state index contributed by atoms with van der Waals surface area (Å²) in [6, 6.07) is 13.6. The first-order valence-corrected chi connectivity index (χ1v) is 8.02. The van der Waals surface area contributed by atoms with Crippen molar-refractivity contribution in [2.24, 2.45) is 0 Å². The van der Waals surface area contributed by atoms with Gasteiger partial charge < -0.3 is 15.5 Å². The number of carbonyl (C=O) groups is 1. The van der Waals surface area contributed by atoms with Crippen molar-refractivity contribution in [2.45, 2.75) is 25.6 Å². The first kappa shape index (κ1) is 21.7. The first-order chi connectivity index (χ1) is 12.2. The van der Waals surface area contributed by atoms with Crippen molar-refractivity contribution in [2.75, 3.05) is 13.2 Å². The maximum atomic E-state index is 12.5. The predicted octanol–water partition coefficient (Wildman–Crippen LogP) is 3.60. The molecule has 0 amide bonds. The molecular weight excluding hydrogens is 347 g/mol. The Kier molecular flexibility index (Phi) is 8.81. The lowest BCUT2D eigenvalue weighted by atomic mass is 10.0. The molecule has 1 unspecified atom stereocenters. The number of carboxylic acids is 1. The molecule has 0 saturated heterocycles. The minimum atomic E-state index is -4.29. The summed E-state index contributed by atoms with van der Waals surface area (Å²) in [5.41, 5.74) is 0.347. The van der Waals surface area contributed by atoms with Gasteiger partial charge in [-0.05, 0) is 37.1 Å². The van der Waals surface area contributed by atoms with Crippen LogP contribution < -0.4 is 5.32 Å². The fraction of sp³-hybridized carbons (Fsp3) is 0.316. The Labute approximate surface area is 150 Å². The van der Waals surface area contributed by atoms with Crippen LogP contribution in [0.3, 0.4) is 0 Å². The summed E-state index contributed by atoms with van der Waals surface area (Å²) in [5, 5.41) is 20.0. The lowest BCUT2D eigenvalue weighted by Crippen LogP contribution is -2.30. The van der Waals surface area contributed by atoms with Crippen LogP contribution in [0.2, 0.25) is 0 Å². The minimum Gasteiger partial charge on any atom is -0.478 e. The largest absolute Gasteiger partial charge is 0.478 e. The Morgan fingerprint density at radius 3 is 2.27 bits per heavy atom. The van der Waals surface area contributed by atoms with Crippen LogP contribution in [0.25, 0.3) is 0 Å². The van der Waals surface area contributed by atoms with Crippen LogP contribution in [0.5, 0.6) is 0 Å². The van der Waals surface area contributed by atoms with E-state index in [9.17, 15) is 18.0 Å². The van der Waals surface area contributed by atoms with Crippen LogP contribution in [0.4, 0.5) is 13.2 Å². The summed E-state index contributed by atoms with van der Waals surface area (Å²) in [6.07, 6.45) is -3.79. The molecule has 142 valence electrons. The van der Waals surface area contributed by atoms with Crippen LogP contribution in [-0.4, -0.2) is 35.4 Å². The van der Waals surface area contributed by atoms with Gasteiger partial charge in [0.2, 0.25) is 0 Å². The number of alkyl halides is 3. The summed E-state index contributed by atoms with van der Waals surface area (Å²) in [7, 11) is 0. The molecule has 2 rings (SSSR count). The van der Waals surface area contributed by atoms with E-state index in [1.165, 1.54) is 6.07 Å². The van der Waals surface area contributed by atoms with Gasteiger partial charge in [-0.1, -0.05) is 36.4 Å². The van der Waals surface area contributed by atoms with Gasteiger partial charge in [-0.15, -0.1) is 0 Å². The zero-order valence-corrected chi connectivity index (χ0v) is 14.3. The van der Waals surface area contributed by atoms with Gasteiger partial charge in [-0.2, -0.15) is 13.2 Å². The molecule has 3 N–H and O–H groups in total. The van der Waals surface area contributed by atoms with Gasteiger partial charge in [0.05, 0.1) is 17.7 Å². The number of hydrogen-bond acceptors (Lipinski definition) is 3. The Morgan fingerprint density at radius 1 is 1.12 bits per heavy atom. The van der Waals surface area contributed by atoms with E-state index >= 15 is 0 Å². The average molecular weight is 369 g/mol. The van der Waals surface area contributed by atoms with Crippen LogP contribution in [0, 0.1) is 0 Å². The SMILES string of the molecule is CC(Cc1cccc(C(F)(F)F)c1)NCCO.O=C(O)c1ccccc1. The van der Waals surface area contributed by atoms with E-state index in [1.54, 1.807) is 36.4 Å². The molecule has 0 spiro atoms. The topological polar surface area (TPSA) is 69.6 Å². The van der Waals surface area contributed by atoms with E-state index in [4.69, 9.17) is 10.2 Å². The Hall–Kier alpha value is -2.38. The number of aliphatic hydroxyl groups is 1. The van der Waals surface area contributed by atoms with Crippen molar-refractivity contribution in [1.29, 1.82) is 0 Å². The molecule has 2 aromatic carbocycles. The second-order valence-electron chi connectivity index (χ2n) is 5.65. The highest BCUT2D eigenvalue weighted by atomic mass is 19.4. The van der Waals surface area contributed by atoms with Gasteiger partial charge >= 0.3 is 12.1 Å². The summed E-state index contributed by atoms with van der Waals surface area (Å²) in [6.45, 7) is 2.34. The molecule has 0 radical (unpaired) electrons. The molecular formula is C19H22F3NO3. The molecule has 0 saturated carbocycles. The maximum absolute atomic E-state index is 12.5. The molecule has 2 aromatic rings. The molecule has 0 aromatic heterocycles. The molecule has 0 fully saturated rings. The molecule has 0 bridgehead atoms. The number of rotatable bonds is 6. The fourth-order valence-corrected chi connectivity index (χ4v) is 2.19. The van der Waals surface area contributed by atoms with Gasteiger partial charge in [-0.3, -0.25) is 0 Å². The summed E-state index contributed by atoms with van der Waals surface area (Å²) in [4.78, 5) is 10.2. The number of halogens is 3. The molecule has 1 atom stereocenters. The molecule has 0 heterocycles. The van der Waals surface area contributed by atoms with Crippen LogP contribution >= 0.6 is 0 Å². The van der Waals surface area contributed by atoms with Crippen molar-refractivity contribution in [3.63, 3.8) is 0 Å². The Morgan fingerprint density at radius 2 is 1.77 bits per heavy atom. The third-order valence-corrected chi connectivity index (χ3v) is 3.42. The van der Waals surface area contributed by atoms with Gasteiger partial charge in [0.25, 0.3) is 0 Å². The third kappa shape index (κ3) is 8.13. The standard InChI is InChI=1S/C12H16F3NO.C7H6O2/c1-9(16-5-6-17)7-10-3-2-4-11(8-10)12(13,14)15;8-7(9)6-4-2-1-3-5-6/h2-4,8-9,16-17H,5-7H2,1H3;1-5H,(H,8,9). The smallest absolute Gasteiger partial charge is 0.416 e. The second-order valence-corrected chi connectivity index (χ2v) is 5.65. The average Bonchev–Trinajstić information content (AvgIpc) is 2.61. The third-order valence-electron chi connectivity index (χ3n) is 3.42. The molecule has 4 nitrogen and oxygen atoms in total. The highest BCUT2D eigenvalue weighted by Crippen LogP contribution is 2.29. The van der Waals surface area contributed by atoms with E-state index in [1.807, 2.05) is 6.92 Å². The Bertz CT molecular complexity index is 675. The van der Waals surface area contributed by atoms with Crippen LogP contribution in [-0.2, 0) is 12.6 Å². The van der Waals surface area contributed by atoms with Gasteiger partial charge in [0, 0.05) is 12.6 Å². The fourth-order valence-electron chi connectivity index (χ4n) is 2.19. The van der Waals surface area contributed by atoms with Crippen molar-refractivity contribution >= 4 is 5.97 Å². The van der Waals surface area contributed by atoms with E-state index in [2.05, 4.69) is 5.32 Å². The molecule has 0 aliphatic rings. The van der Waals surface area contributed by atoms with Gasteiger partial charge in [-0.25, -0.2) is 4.79 Å². The zero-order chi connectivity index (χ0) is 19.6. The maximum Gasteiger partial charge on any atom is 0.416 e. The van der Waals surface area contributed by atoms with E-state index in [0.29, 0.717) is 24.1 Å². The second kappa shape index (κ2) is 10.6. The lowest BCUT2D eigenvalue weighted by Gasteiger charge is -2.14.